The van der Waals surface area contributed by atoms with Crippen molar-refractivity contribution in [2.45, 2.75) is 38.7 Å². The Hall–Kier alpha value is -2.27. The second-order valence-corrected chi connectivity index (χ2v) is 5.20. The highest BCUT2D eigenvalue weighted by molar-refractivity contribution is 5.36. The zero-order valence-corrected chi connectivity index (χ0v) is 12.7. The Balaban J connectivity index is 2.07. The van der Waals surface area contributed by atoms with Gasteiger partial charge in [0.2, 0.25) is 0 Å². The number of hydrogen-bond donors (Lipinski definition) is 0. The van der Waals surface area contributed by atoms with Crippen molar-refractivity contribution in [3.05, 3.63) is 65.7 Å². The van der Waals surface area contributed by atoms with Gasteiger partial charge in [0.25, 0.3) is 0 Å². The van der Waals surface area contributed by atoms with Crippen molar-refractivity contribution in [1.29, 1.82) is 5.26 Å². The largest absolute Gasteiger partial charge is 0.489 e. The molecule has 0 atom stereocenters. The third-order valence-corrected chi connectivity index (χ3v) is 4.08. The summed E-state index contributed by atoms with van der Waals surface area (Å²) in [6.45, 7) is 4.68. The minimum absolute atomic E-state index is 0.377. The van der Waals surface area contributed by atoms with E-state index in [1.54, 1.807) is 0 Å². The lowest BCUT2D eigenvalue weighted by Gasteiger charge is -2.24. The van der Waals surface area contributed by atoms with Crippen LogP contribution in [0.5, 0.6) is 5.75 Å². The fourth-order valence-corrected chi connectivity index (χ4v) is 2.49. The van der Waals surface area contributed by atoms with E-state index >= 15 is 0 Å². The summed E-state index contributed by atoms with van der Waals surface area (Å²) in [5, 5.41) is 9.47. The van der Waals surface area contributed by atoms with Crippen molar-refractivity contribution < 1.29 is 4.74 Å². The standard InChI is InChI=1S/C19H21NO/c1-3-19(4-2,15-20)17-10-12-18(13-11-17)21-14-16-8-6-5-7-9-16/h5-13H,3-4,14H2,1-2H3. The van der Waals surface area contributed by atoms with E-state index in [2.05, 4.69) is 19.9 Å². The molecule has 2 aromatic carbocycles. The lowest BCUT2D eigenvalue weighted by atomic mass is 9.77. The Kier molecular flexibility index (Phi) is 5.00. The number of ether oxygens (including phenoxy) is 1. The van der Waals surface area contributed by atoms with Gasteiger partial charge in [-0.3, -0.25) is 0 Å². The number of nitriles is 1. The van der Waals surface area contributed by atoms with Gasteiger partial charge in [0.1, 0.15) is 12.4 Å². The highest BCUT2D eigenvalue weighted by Crippen LogP contribution is 2.32. The summed E-state index contributed by atoms with van der Waals surface area (Å²) in [7, 11) is 0. The van der Waals surface area contributed by atoms with Gasteiger partial charge in [-0.15, -0.1) is 0 Å². The Morgan fingerprint density at radius 2 is 1.57 bits per heavy atom. The van der Waals surface area contributed by atoms with Crippen LogP contribution in [0.3, 0.4) is 0 Å². The molecule has 2 nitrogen and oxygen atoms in total. The van der Waals surface area contributed by atoms with E-state index in [0.29, 0.717) is 6.61 Å². The van der Waals surface area contributed by atoms with Crippen molar-refractivity contribution in [3.8, 4) is 11.8 Å². The predicted molar refractivity (Wildman–Crippen MR) is 85.1 cm³/mol. The van der Waals surface area contributed by atoms with E-state index in [-0.39, 0.29) is 5.41 Å². The van der Waals surface area contributed by atoms with Crippen LogP contribution in [0.4, 0.5) is 0 Å². The molecule has 0 amide bonds. The molecule has 0 aliphatic carbocycles. The molecule has 0 radical (unpaired) electrons. The minimum Gasteiger partial charge on any atom is -0.489 e. The lowest BCUT2D eigenvalue weighted by molar-refractivity contribution is 0.306. The second kappa shape index (κ2) is 6.95. The van der Waals surface area contributed by atoms with Crippen molar-refractivity contribution in [2.24, 2.45) is 0 Å². The molecule has 0 aromatic heterocycles. The van der Waals surface area contributed by atoms with Gasteiger partial charge in [0.15, 0.2) is 0 Å². The first-order valence-electron chi connectivity index (χ1n) is 7.42. The van der Waals surface area contributed by atoms with Crippen molar-refractivity contribution >= 4 is 0 Å². The number of rotatable bonds is 6. The Labute approximate surface area is 127 Å². The Morgan fingerprint density at radius 1 is 0.952 bits per heavy atom. The fourth-order valence-electron chi connectivity index (χ4n) is 2.49. The van der Waals surface area contributed by atoms with Crippen molar-refractivity contribution in [1.82, 2.24) is 0 Å². The monoisotopic (exact) mass is 279 g/mol. The first-order valence-corrected chi connectivity index (χ1v) is 7.42. The molecule has 0 fully saturated rings. The van der Waals surface area contributed by atoms with Gasteiger partial charge >= 0.3 is 0 Å². The van der Waals surface area contributed by atoms with Crippen LogP contribution in [0.25, 0.3) is 0 Å². The average molecular weight is 279 g/mol. The van der Waals surface area contributed by atoms with Crippen LogP contribution in [-0.2, 0) is 12.0 Å². The van der Waals surface area contributed by atoms with E-state index in [1.807, 2.05) is 54.6 Å². The molecular formula is C19H21NO. The van der Waals surface area contributed by atoms with Crippen LogP contribution < -0.4 is 4.74 Å². The lowest BCUT2D eigenvalue weighted by Crippen LogP contribution is -2.21. The average Bonchev–Trinajstić information content (AvgIpc) is 2.57. The number of benzene rings is 2. The molecule has 2 heteroatoms. The fraction of sp³-hybridized carbons (Fsp3) is 0.316. The Morgan fingerprint density at radius 3 is 2.10 bits per heavy atom. The summed E-state index contributed by atoms with van der Waals surface area (Å²) in [4.78, 5) is 0. The quantitative estimate of drug-likeness (QED) is 0.757. The number of nitrogens with zero attached hydrogens (tertiary/aromatic N) is 1. The van der Waals surface area contributed by atoms with Crippen LogP contribution in [0.2, 0.25) is 0 Å². The molecule has 0 bridgehead atoms. The molecule has 21 heavy (non-hydrogen) atoms. The van der Waals surface area contributed by atoms with E-state index in [4.69, 9.17) is 4.74 Å². The van der Waals surface area contributed by atoms with Gasteiger partial charge in [-0.1, -0.05) is 56.3 Å². The summed E-state index contributed by atoms with van der Waals surface area (Å²) < 4.78 is 5.78. The highest BCUT2D eigenvalue weighted by Gasteiger charge is 2.27. The summed E-state index contributed by atoms with van der Waals surface area (Å²) in [5.74, 6) is 0.835. The SMILES string of the molecule is CCC(C#N)(CC)c1ccc(OCc2ccccc2)cc1. The van der Waals surface area contributed by atoms with E-state index in [0.717, 1.165) is 29.7 Å². The molecule has 0 aliphatic heterocycles. The summed E-state index contributed by atoms with van der Waals surface area (Å²) in [5.41, 5.74) is 1.84. The minimum atomic E-state index is -0.377. The zero-order valence-electron chi connectivity index (χ0n) is 12.7. The third-order valence-electron chi connectivity index (χ3n) is 4.08. The molecule has 0 heterocycles. The van der Waals surface area contributed by atoms with E-state index < -0.39 is 0 Å². The molecule has 0 aliphatic rings. The first-order chi connectivity index (χ1) is 10.2. The van der Waals surface area contributed by atoms with E-state index in [9.17, 15) is 5.26 Å². The van der Waals surface area contributed by atoms with E-state index in [1.165, 1.54) is 0 Å². The number of hydrogen-bond acceptors (Lipinski definition) is 2. The van der Waals surface area contributed by atoms with Crippen LogP contribution >= 0.6 is 0 Å². The molecule has 0 unspecified atom stereocenters. The van der Waals surface area contributed by atoms with Gasteiger partial charge in [-0.2, -0.15) is 5.26 Å². The molecular weight excluding hydrogens is 258 g/mol. The Bertz CT molecular complexity index is 592. The van der Waals surface area contributed by atoms with Gasteiger partial charge in [0.05, 0.1) is 11.5 Å². The summed E-state index contributed by atoms with van der Waals surface area (Å²) >= 11 is 0. The van der Waals surface area contributed by atoms with Gasteiger partial charge in [0, 0.05) is 0 Å². The van der Waals surface area contributed by atoms with Crippen molar-refractivity contribution in [2.75, 3.05) is 0 Å². The van der Waals surface area contributed by atoms with Gasteiger partial charge < -0.3 is 4.74 Å². The smallest absolute Gasteiger partial charge is 0.119 e. The summed E-state index contributed by atoms with van der Waals surface area (Å²) in [6, 6.07) is 20.5. The molecule has 2 aromatic rings. The molecule has 0 saturated carbocycles. The molecule has 2 rings (SSSR count). The molecule has 108 valence electrons. The van der Waals surface area contributed by atoms with Crippen LogP contribution in [0.15, 0.2) is 54.6 Å². The van der Waals surface area contributed by atoms with Gasteiger partial charge in [-0.25, -0.2) is 0 Å². The van der Waals surface area contributed by atoms with Crippen molar-refractivity contribution in [3.63, 3.8) is 0 Å². The molecule has 0 N–H and O–H groups in total. The first kappa shape index (κ1) is 15.1. The maximum absolute atomic E-state index is 9.47. The predicted octanol–water partition coefficient (Wildman–Crippen LogP) is 4.85. The maximum Gasteiger partial charge on any atom is 0.119 e. The zero-order chi connectivity index (χ0) is 15.1. The molecule has 0 saturated heterocycles. The highest BCUT2D eigenvalue weighted by atomic mass is 16.5. The summed E-state index contributed by atoms with van der Waals surface area (Å²) in [6.07, 6.45) is 1.65. The third kappa shape index (κ3) is 3.44. The van der Waals surface area contributed by atoms with Crippen LogP contribution in [-0.4, -0.2) is 0 Å². The topological polar surface area (TPSA) is 33.0 Å². The second-order valence-electron chi connectivity index (χ2n) is 5.20. The van der Waals surface area contributed by atoms with Gasteiger partial charge in [-0.05, 0) is 36.1 Å². The maximum atomic E-state index is 9.47. The normalized spacial score (nSPS) is 10.9. The van der Waals surface area contributed by atoms with Crippen LogP contribution in [0, 0.1) is 11.3 Å². The van der Waals surface area contributed by atoms with Crippen LogP contribution in [0.1, 0.15) is 37.8 Å². The molecule has 0 spiro atoms.